The van der Waals surface area contributed by atoms with E-state index in [1.165, 1.54) is 31.3 Å². The van der Waals surface area contributed by atoms with E-state index in [0.717, 1.165) is 55.5 Å². The molecule has 0 N–H and O–H groups in total. The Bertz CT molecular complexity index is 788. The van der Waals surface area contributed by atoms with E-state index in [4.69, 9.17) is 4.74 Å². The van der Waals surface area contributed by atoms with Gasteiger partial charge in [-0.1, -0.05) is 37.6 Å². The van der Waals surface area contributed by atoms with E-state index in [2.05, 4.69) is 32.1 Å². The van der Waals surface area contributed by atoms with Crippen molar-refractivity contribution in [3.63, 3.8) is 0 Å². The highest BCUT2D eigenvalue weighted by Gasteiger charge is 2.77. The molecule has 0 aromatic heterocycles. The van der Waals surface area contributed by atoms with Crippen molar-refractivity contribution in [2.24, 2.45) is 40.9 Å². The highest BCUT2D eigenvalue weighted by molar-refractivity contribution is 5.92. The van der Waals surface area contributed by atoms with E-state index in [1.54, 1.807) is 5.57 Å². The number of carbonyl (C=O) groups is 1. The molecule has 1 spiro atoms. The molecule has 6 aliphatic rings. The Balaban J connectivity index is 1.49. The standard InChI is InChI=1S/C25H32O2/c1-3-15-12-16-13-17(26)6-7-18(16)19-8-10-24(4-2)23(22(15)19)20-14-21(20)25(24)9-5-11-27-25/h5,9,12-13,18-23H,3-4,6-8,10-11,14H2,1-2H3/t18-,19+,20+,21-,22+,23-,24-,25-/m0/s1. The molecule has 0 saturated heterocycles. The van der Waals surface area contributed by atoms with Crippen molar-refractivity contribution < 1.29 is 9.53 Å². The Kier molecular flexibility index (Phi) is 3.40. The molecule has 0 amide bonds. The largest absolute Gasteiger partial charge is 0.366 e. The third kappa shape index (κ3) is 1.89. The maximum absolute atomic E-state index is 12.1. The molecule has 0 unspecified atom stereocenters. The van der Waals surface area contributed by atoms with Gasteiger partial charge in [0, 0.05) is 11.8 Å². The molecule has 3 saturated carbocycles. The van der Waals surface area contributed by atoms with Gasteiger partial charge < -0.3 is 4.74 Å². The zero-order valence-electron chi connectivity index (χ0n) is 16.7. The second-order valence-electron chi connectivity index (χ2n) is 10.1. The second kappa shape index (κ2) is 5.47. The molecule has 144 valence electrons. The lowest BCUT2D eigenvalue weighted by Crippen LogP contribution is -2.56. The number of hydrogen-bond donors (Lipinski definition) is 0. The van der Waals surface area contributed by atoms with Crippen molar-refractivity contribution in [3.8, 4) is 0 Å². The summed E-state index contributed by atoms with van der Waals surface area (Å²) in [5.41, 5.74) is 3.39. The third-order valence-corrected chi connectivity index (χ3v) is 9.62. The van der Waals surface area contributed by atoms with Crippen molar-refractivity contribution in [2.45, 2.75) is 64.4 Å². The quantitative estimate of drug-likeness (QED) is 0.625. The number of hydrogen-bond acceptors (Lipinski definition) is 2. The molecule has 2 nitrogen and oxygen atoms in total. The minimum absolute atomic E-state index is 0.0412. The first-order valence-corrected chi connectivity index (χ1v) is 11.4. The van der Waals surface area contributed by atoms with Gasteiger partial charge in [-0.15, -0.1) is 0 Å². The van der Waals surface area contributed by atoms with Crippen LogP contribution in [-0.2, 0) is 9.53 Å². The van der Waals surface area contributed by atoms with Gasteiger partial charge in [-0.05, 0) is 85.7 Å². The van der Waals surface area contributed by atoms with Gasteiger partial charge in [-0.25, -0.2) is 0 Å². The smallest absolute Gasteiger partial charge is 0.155 e. The predicted octanol–water partition coefficient (Wildman–Crippen LogP) is 5.26. The Morgan fingerprint density at radius 2 is 2.07 bits per heavy atom. The molecule has 6 rings (SSSR count). The van der Waals surface area contributed by atoms with E-state index < -0.39 is 0 Å². The van der Waals surface area contributed by atoms with Gasteiger partial charge in [0.25, 0.3) is 0 Å². The number of fused-ring (bicyclic) bond motifs is 9. The molecule has 0 bridgehead atoms. The minimum Gasteiger partial charge on any atom is -0.366 e. The maximum Gasteiger partial charge on any atom is 0.155 e. The highest BCUT2D eigenvalue weighted by atomic mass is 16.5. The first-order chi connectivity index (χ1) is 13.1. The van der Waals surface area contributed by atoms with E-state index >= 15 is 0 Å². The Morgan fingerprint density at radius 3 is 2.81 bits per heavy atom. The van der Waals surface area contributed by atoms with Gasteiger partial charge >= 0.3 is 0 Å². The van der Waals surface area contributed by atoms with Crippen LogP contribution < -0.4 is 0 Å². The number of ether oxygens (including phenoxy) is 1. The first-order valence-electron chi connectivity index (χ1n) is 11.4. The van der Waals surface area contributed by atoms with Crippen LogP contribution in [0.2, 0.25) is 0 Å². The summed E-state index contributed by atoms with van der Waals surface area (Å²) in [4.78, 5) is 12.1. The fourth-order valence-corrected chi connectivity index (χ4v) is 8.72. The molecule has 5 aliphatic carbocycles. The fourth-order valence-electron chi connectivity index (χ4n) is 8.72. The second-order valence-corrected chi connectivity index (χ2v) is 10.1. The highest BCUT2D eigenvalue weighted by Crippen LogP contribution is 2.78. The summed E-state index contributed by atoms with van der Waals surface area (Å²) < 4.78 is 6.60. The molecule has 0 radical (unpaired) electrons. The summed E-state index contributed by atoms with van der Waals surface area (Å²) in [5.74, 6) is 4.89. The molecule has 8 atom stereocenters. The third-order valence-electron chi connectivity index (χ3n) is 9.62. The normalized spacial score (nSPS) is 52.0. The summed E-state index contributed by atoms with van der Waals surface area (Å²) in [5, 5.41) is 0. The molecule has 2 heteroatoms. The predicted molar refractivity (Wildman–Crippen MR) is 106 cm³/mol. The van der Waals surface area contributed by atoms with Crippen LogP contribution in [0, 0.1) is 40.9 Å². The lowest BCUT2D eigenvalue weighted by Gasteiger charge is -2.58. The summed E-state index contributed by atoms with van der Waals surface area (Å²) >= 11 is 0. The van der Waals surface area contributed by atoms with Crippen LogP contribution in [0.15, 0.2) is 35.5 Å². The van der Waals surface area contributed by atoms with Crippen molar-refractivity contribution in [3.05, 3.63) is 35.5 Å². The van der Waals surface area contributed by atoms with E-state index in [9.17, 15) is 4.79 Å². The van der Waals surface area contributed by atoms with Gasteiger partial charge in [-0.3, -0.25) is 4.79 Å². The van der Waals surface area contributed by atoms with Crippen LogP contribution in [0.3, 0.4) is 0 Å². The monoisotopic (exact) mass is 364 g/mol. The molecular formula is C25H32O2. The lowest BCUT2D eigenvalue weighted by atomic mass is 9.47. The van der Waals surface area contributed by atoms with Crippen LogP contribution in [0.4, 0.5) is 0 Å². The summed E-state index contributed by atoms with van der Waals surface area (Å²) in [7, 11) is 0. The molecule has 3 fully saturated rings. The van der Waals surface area contributed by atoms with Crippen molar-refractivity contribution in [1.82, 2.24) is 0 Å². The Hall–Kier alpha value is -1.15. The molecule has 1 aliphatic heterocycles. The fraction of sp³-hybridized carbons (Fsp3) is 0.720. The van der Waals surface area contributed by atoms with E-state index in [-0.39, 0.29) is 5.60 Å². The van der Waals surface area contributed by atoms with Gasteiger partial charge in [0.05, 0.1) is 12.2 Å². The maximum atomic E-state index is 12.1. The summed E-state index contributed by atoms with van der Waals surface area (Å²) in [6.45, 7) is 5.58. The number of allylic oxidation sites excluding steroid dienone is 4. The van der Waals surface area contributed by atoms with Crippen LogP contribution in [0.5, 0.6) is 0 Å². The van der Waals surface area contributed by atoms with Gasteiger partial charge in [0.2, 0.25) is 0 Å². The van der Waals surface area contributed by atoms with Crippen LogP contribution in [-0.4, -0.2) is 18.0 Å². The van der Waals surface area contributed by atoms with Gasteiger partial charge in [0.15, 0.2) is 5.78 Å². The summed E-state index contributed by atoms with van der Waals surface area (Å²) in [6.07, 6.45) is 17.5. The number of carbonyl (C=O) groups excluding carboxylic acids is 1. The van der Waals surface area contributed by atoms with Gasteiger partial charge in [0.1, 0.15) is 0 Å². The van der Waals surface area contributed by atoms with Crippen molar-refractivity contribution >= 4 is 5.78 Å². The number of rotatable bonds is 2. The Morgan fingerprint density at radius 1 is 1.19 bits per heavy atom. The molecule has 0 aromatic rings. The summed E-state index contributed by atoms with van der Waals surface area (Å²) in [6, 6.07) is 0. The molecule has 1 heterocycles. The molecular weight excluding hydrogens is 332 g/mol. The molecule has 27 heavy (non-hydrogen) atoms. The average molecular weight is 365 g/mol. The topological polar surface area (TPSA) is 26.3 Å². The average Bonchev–Trinajstić information content (AvgIpc) is 3.26. The SMILES string of the molecule is CCC1=CC2=CC(=O)CC[C@@H]2[C@H]2CC[C@@]3(CC)[C@@H]([C@@H]4C[C@@H]4[C@@]34C=CCO4)[C@H]12. The zero-order valence-corrected chi connectivity index (χ0v) is 16.7. The number of ketones is 1. The van der Waals surface area contributed by atoms with E-state index in [1.807, 2.05) is 6.08 Å². The van der Waals surface area contributed by atoms with Crippen molar-refractivity contribution in [2.75, 3.05) is 6.61 Å². The van der Waals surface area contributed by atoms with Crippen LogP contribution in [0.25, 0.3) is 0 Å². The Labute approximate surface area is 163 Å². The zero-order chi connectivity index (χ0) is 18.4. The molecule has 0 aromatic carbocycles. The van der Waals surface area contributed by atoms with E-state index in [0.29, 0.717) is 17.1 Å². The van der Waals surface area contributed by atoms with Crippen LogP contribution >= 0.6 is 0 Å². The van der Waals surface area contributed by atoms with Crippen LogP contribution in [0.1, 0.15) is 58.8 Å². The lowest BCUT2D eigenvalue weighted by molar-refractivity contribution is -0.135. The van der Waals surface area contributed by atoms with Crippen molar-refractivity contribution in [1.29, 1.82) is 0 Å². The van der Waals surface area contributed by atoms with Gasteiger partial charge in [-0.2, -0.15) is 0 Å². The first kappa shape index (κ1) is 16.8. The minimum atomic E-state index is 0.0412.